The summed E-state index contributed by atoms with van der Waals surface area (Å²) >= 11 is 1.19. The van der Waals surface area contributed by atoms with Crippen LogP contribution in [-0.2, 0) is 4.79 Å². The Morgan fingerprint density at radius 2 is 1.81 bits per heavy atom. The number of benzene rings is 2. The number of ketones is 1. The molecule has 0 fully saturated rings. The molecule has 2 aromatic carbocycles. The first-order valence-corrected chi connectivity index (χ1v) is 10.7. The van der Waals surface area contributed by atoms with Crippen LogP contribution in [0.1, 0.15) is 36.4 Å². The Bertz CT molecular complexity index is 1430. The molecule has 1 atom stereocenters. The molecule has 3 aromatic rings. The Morgan fingerprint density at radius 3 is 2.58 bits per heavy atom. The van der Waals surface area contributed by atoms with Crippen molar-refractivity contribution in [2.24, 2.45) is 4.99 Å². The number of fused-ring (bicyclic) bond motifs is 1. The topological polar surface area (TPSA) is 94.6 Å². The molecule has 0 bridgehead atoms. The lowest BCUT2D eigenvalue weighted by molar-refractivity contribution is -0.385. The first-order chi connectivity index (χ1) is 15.0. The van der Waals surface area contributed by atoms with Crippen LogP contribution in [0.25, 0.3) is 6.08 Å². The molecule has 2 heterocycles. The molecule has 0 saturated heterocycles. The third-order valence-electron chi connectivity index (χ3n) is 5.56. The van der Waals surface area contributed by atoms with Crippen molar-refractivity contribution in [3.63, 3.8) is 0 Å². The van der Waals surface area contributed by atoms with Gasteiger partial charge in [-0.2, -0.15) is 0 Å². The second kappa shape index (κ2) is 7.55. The molecule has 2 aliphatic rings. The zero-order chi connectivity index (χ0) is 21.5. The number of para-hydroxylation sites is 1. The number of carbonyl (C=O) groups excluding carboxylic acids is 1. The SMILES string of the molecule is O=C1CCCC2=C1C(c1ccccc1)n1c(sc(=Cc3ccccc3[N+](=O)[O-])c1=O)=N2. The van der Waals surface area contributed by atoms with E-state index in [4.69, 9.17) is 0 Å². The van der Waals surface area contributed by atoms with Gasteiger partial charge in [-0.1, -0.05) is 53.8 Å². The number of allylic oxidation sites excluding steroid dienone is 2. The van der Waals surface area contributed by atoms with E-state index in [-0.39, 0.29) is 17.0 Å². The Balaban J connectivity index is 1.77. The van der Waals surface area contributed by atoms with Crippen molar-refractivity contribution in [2.75, 3.05) is 0 Å². The fourth-order valence-electron chi connectivity index (χ4n) is 4.18. The molecule has 8 heteroatoms. The third-order valence-corrected chi connectivity index (χ3v) is 6.55. The van der Waals surface area contributed by atoms with Crippen LogP contribution in [0.15, 0.2) is 75.7 Å². The molecule has 0 saturated carbocycles. The van der Waals surface area contributed by atoms with Crippen LogP contribution in [-0.4, -0.2) is 15.3 Å². The minimum Gasteiger partial charge on any atom is -0.294 e. The summed E-state index contributed by atoms with van der Waals surface area (Å²) in [5.74, 6) is 0.0202. The van der Waals surface area contributed by atoms with Crippen molar-refractivity contribution in [3.8, 4) is 0 Å². The summed E-state index contributed by atoms with van der Waals surface area (Å²) in [6, 6.07) is 15.2. The highest BCUT2D eigenvalue weighted by Crippen LogP contribution is 2.35. The van der Waals surface area contributed by atoms with Crippen LogP contribution in [0.2, 0.25) is 0 Å². The number of hydrogen-bond acceptors (Lipinski definition) is 6. The van der Waals surface area contributed by atoms with Gasteiger partial charge in [-0.15, -0.1) is 0 Å². The van der Waals surface area contributed by atoms with Crippen molar-refractivity contribution >= 4 is 28.9 Å². The number of nitrogens with zero attached hydrogens (tertiary/aromatic N) is 3. The summed E-state index contributed by atoms with van der Waals surface area (Å²) in [7, 11) is 0. The highest BCUT2D eigenvalue weighted by molar-refractivity contribution is 7.07. The Hall–Kier alpha value is -3.65. The predicted molar refractivity (Wildman–Crippen MR) is 116 cm³/mol. The molecule has 0 N–H and O–H groups in total. The molecule has 1 aliphatic heterocycles. The smallest absolute Gasteiger partial charge is 0.276 e. The highest BCUT2D eigenvalue weighted by atomic mass is 32.1. The Kier molecular flexibility index (Phi) is 4.71. The van der Waals surface area contributed by atoms with Crippen molar-refractivity contribution < 1.29 is 9.72 Å². The van der Waals surface area contributed by atoms with Crippen LogP contribution in [0.5, 0.6) is 0 Å². The van der Waals surface area contributed by atoms with Gasteiger partial charge in [-0.25, -0.2) is 4.99 Å². The maximum atomic E-state index is 13.4. The Morgan fingerprint density at radius 1 is 1.06 bits per heavy atom. The summed E-state index contributed by atoms with van der Waals surface area (Å²) in [5, 5.41) is 11.4. The number of carbonyl (C=O) groups is 1. The maximum Gasteiger partial charge on any atom is 0.276 e. The summed E-state index contributed by atoms with van der Waals surface area (Å²) < 4.78 is 1.91. The number of rotatable bonds is 3. The van der Waals surface area contributed by atoms with E-state index in [0.717, 1.165) is 17.7 Å². The van der Waals surface area contributed by atoms with Gasteiger partial charge in [-0.05, 0) is 30.5 Å². The van der Waals surface area contributed by atoms with Gasteiger partial charge >= 0.3 is 0 Å². The zero-order valence-corrected chi connectivity index (χ0v) is 17.2. The lowest BCUT2D eigenvalue weighted by Crippen LogP contribution is -2.40. The van der Waals surface area contributed by atoms with E-state index in [2.05, 4.69) is 4.99 Å². The van der Waals surface area contributed by atoms with E-state index in [9.17, 15) is 19.7 Å². The summed E-state index contributed by atoms with van der Waals surface area (Å²) in [6.45, 7) is 0. The van der Waals surface area contributed by atoms with E-state index < -0.39 is 11.0 Å². The van der Waals surface area contributed by atoms with Gasteiger partial charge in [0.2, 0.25) is 0 Å². The molecule has 1 aromatic heterocycles. The molecule has 0 amide bonds. The van der Waals surface area contributed by atoms with Crippen molar-refractivity contribution in [1.82, 2.24) is 4.57 Å². The van der Waals surface area contributed by atoms with Crippen LogP contribution < -0.4 is 14.9 Å². The molecule has 0 radical (unpaired) electrons. The lowest BCUT2D eigenvalue weighted by Gasteiger charge is -2.28. The number of Topliss-reactive ketones (excluding diaryl/α,β-unsaturated/α-hetero) is 1. The second-order valence-corrected chi connectivity index (χ2v) is 8.46. The monoisotopic (exact) mass is 431 g/mol. The molecule has 0 spiro atoms. The minimum absolute atomic E-state index is 0.0202. The fraction of sp³-hybridized carbons (Fsp3) is 0.174. The quantitative estimate of drug-likeness (QED) is 0.471. The summed E-state index contributed by atoms with van der Waals surface area (Å²) in [5.41, 5.74) is 2.15. The molecule has 1 unspecified atom stereocenters. The van der Waals surface area contributed by atoms with Crippen molar-refractivity contribution in [3.05, 3.63) is 107 Å². The average molecular weight is 431 g/mol. The second-order valence-electron chi connectivity index (χ2n) is 7.45. The van der Waals surface area contributed by atoms with E-state index >= 15 is 0 Å². The number of thiazole rings is 1. The molecule has 1 aliphatic carbocycles. The highest BCUT2D eigenvalue weighted by Gasteiger charge is 2.34. The van der Waals surface area contributed by atoms with Gasteiger partial charge in [0.25, 0.3) is 11.2 Å². The molecule has 31 heavy (non-hydrogen) atoms. The van der Waals surface area contributed by atoms with Crippen LogP contribution in [0, 0.1) is 10.1 Å². The van der Waals surface area contributed by atoms with Crippen LogP contribution in [0.3, 0.4) is 0 Å². The van der Waals surface area contributed by atoms with Crippen LogP contribution >= 0.6 is 11.3 Å². The van der Waals surface area contributed by atoms with Gasteiger partial charge in [0, 0.05) is 18.1 Å². The maximum absolute atomic E-state index is 13.4. The van der Waals surface area contributed by atoms with E-state index in [1.807, 2.05) is 30.3 Å². The van der Waals surface area contributed by atoms with E-state index in [1.54, 1.807) is 22.8 Å². The standard InChI is InChI=1S/C23H17N3O4S/c27-18-12-6-10-16-20(18)21(14-7-2-1-3-8-14)25-22(28)19(31-23(25)24-16)13-15-9-4-5-11-17(15)26(29)30/h1-5,7-9,11,13,21H,6,10,12H2. The molecular weight excluding hydrogens is 414 g/mol. The molecule has 5 rings (SSSR count). The van der Waals surface area contributed by atoms with Gasteiger partial charge < -0.3 is 0 Å². The van der Waals surface area contributed by atoms with Gasteiger partial charge in [0.05, 0.1) is 26.8 Å². The van der Waals surface area contributed by atoms with Crippen molar-refractivity contribution in [2.45, 2.75) is 25.3 Å². The van der Waals surface area contributed by atoms with Gasteiger partial charge in [0.15, 0.2) is 10.6 Å². The number of nitro benzene ring substituents is 1. The minimum atomic E-state index is -0.534. The molecule has 154 valence electrons. The largest absolute Gasteiger partial charge is 0.294 e. The first-order valence-electron chi connectivity index (χ1n) is 9.91. The summed E-state index contributed by atoms with van der Waals surface area (Å²) in [6.07, 6.45) is 3.42. The number of aromatic nitrogens is 1. The number of nitro groups is 1. The normalized spacial score (nSPS) is 18.4. The van der Waals surface area contributed by atoms with Crippen LogP contribution in [0.4, 0.5) is 5.69 Å². The van der Waals surface area contributed by atoms with E-state index in [1.165, 1.54) is 23.5 Å². The van der Waals surface area contributed by atoms with Gasteiger partial charge in [-0.3, -0.25) is 24.3 Å². The Labute approximate surface area is 180 Å². The first kappa shape index (κ1) is 19.3. The third kappa shape index (κ3) is 3.25. The van der Waals surface area contributed by atoms with E-state index in [0.29, 0.717) is 33.3 Å². The van der Waals surface area contributed by atoms with Crippen molar-refractivity contribution in [1.29, 1.82) is 0 Å². The fourth-order valence-corrected chi connectivity index (χ4v) is 5.19. The molecular formula is C23H17N3O4S. The zero-order valence-electron chi connectivity index (χ0n) is 16.4. The number of hydrogen-bond donors (Lipinski definition) is 0. The predicted octanol–water partition coefficient (Wildman–Crippen LogP) is 2.88. The average Bonchev–Trinajstić information content (AvgIpc) is 3.08. The lowest BCUT2D eigenvalue weighted by atomic mass is 9.86. The summed E-state index contributed by atoms with van der Waals surface area (Å²) in [4.78, 5) is 42.4. The molecule has 7 nitrogen and oxygen atoms in total. The van der Waals surface area contributed by atoms with Gasteiger partial charge in [0.1, 0.15) is 0 Å².